The normalized spacial score (nSPS) is 12.3. The maximum Gasteiger partial charge on any atom is 0.261 e. The van der Waals surface area contributed by atoms with Crippen LogP contribution in [0.1, 0.15) is 17.3 Å². The van der Waals surface area contributed by atoms with Gasteiger partial charge in [0, 0.05) is 24.5 Å². The molecule has 0 unspecified atom stereocenters. The minimum Gasteiger partial charge on any atom is -0.508 e. The van der Waals surface area contributed by atoms with Gasteiger partial charge in [-0.2, -0.15) is 0 Å². The third-order valence-corrected chi connectivity index (χ3v) is 4.29. The van der Waals surface area contributed by atoms with Gasteiger partial charge in [0.05, 0.1) is 10.9 Å². The first-order valence-electron chi connectivity index (χ1n) is 8.14. The maximum atomic E-state index is 12.9. The van der Waals surface area contributed by atoms with Crippen molar-refractivity contribution in [3.63, 3.8) is 0 Å². The number of nitrogens with zero attached hydrogens (tertiary/aromatic N) is 1. The first-order chi connectivity index (χ1) is 12.6. The number of benzene rings is 2. The van der Waals surface area contributed by atoms with Crippen LogP contribution in [0.5, 0.6) is 17.2 Å². The second-order valence-electron chi connectivity index (χ2n) is 5.88. The third kappa shape index (κ3) is 2.63. The Morgan fingerprint density at radius 3 is 2.58 bits per heavy atom. The molecule has 1 aliphatic rings. The van der Waals surface area contributed by atoms with Gasteiger partial charge in [-0.25, -0.2) is 0 Å². The molecule has 1 aromatic heterocycles. The summed E-state index contributed by atoms with van der Waals surface area (Å²) in [6, 6.07) is 9.41. The van der Waals surface area contributed by atoms with Crippen molar-refractivity contribution in [3.05, 3.63) is 58.4 Å². The van der Waals surface area contributed by atoms with E-state index in [1.165, 1.54) is 12.1 Å². The Morgan fingerprint density at radius 1 is 1.19 bits per heavy atom. The van der Waals surface area contributed by atoms with Crippen molar-refractivity contribution in [1.82, 2.24) is 4.57 Å². The van der Waals surface area contributed by atoms with Gasteiger partial charge in [0.2, 0.25) is 12.2 Å². The van der Waals surface area contributed by atoms with Crippen molar-refractivity contribution in [1.29, 1.82) is 0 Å². The van der Waals surface area contributed by atoms with Crippen LogP contribution in [0.25, 0.3) is 10.9 Å². The molecule has 0 saturated heterocycles. The number of anilines is 1. The fraction of sp³-hybridized carbons (Fsp3) is 0.158. The lowest BCUT2D eigenvalue weighted by Crippen LogP contribution is -2.23. The Bertz CT molecular complexity index is 1070. The molecule has 0 bridgehead atoms. The van der Waals surface area contributed by atoms with Crippen LogP contribution in [-0.4, -0.2) is 22.4 Å². The Labute approximate surface area is 148 Å². The Balaban J connectivity index is 1.81. The molecule has 1 amide bonds. The topological polar surface area (TPSA) is 89.8 Å². The predicted octanol–water partition coefficient (Wildman–Crippen LogP) is 2.71. The zero-order valence-corrected chi connectivity index (χ0v) is 14.0. The minimum absolute atomic E-state index is 0.0336. The van der Waals surface area contributed by atoms with Crippen LogP contribution in [-0.2, 0) is 6.54 Å². The molecule has 0 aliphatic carbocycles. The third-order valence-electron chi connectivity index (χ3n) is 4.29. The van der Waals surface area contributed by atoms with E-state index in [1.54, 1.807) is 30.5 Å². The number of aromatic nitrogens is 1. The molecule has 2 N–H and O–H groups in total. The van der Waals surface area contributed by atoms with E-state index in [-0.39, 0.29) is 23.5 Å². The van der Waals surface area contributed by atoms with Gasteiger partial charge < -0.3 is 24.5 Å². The Hall–Kier alpha value is -3.48. The average molecular weight is 352 g/mol. The molecule has 3 aromatic rings. The van der Waals surface area contributed by atoms with Crippen LogP contribution in [0.3, 0.4) is 0 Å². The second kappa shape index (κ2) is 6.11. The average Bonchev–Trinajstić information content (AvgIpc) is 3.10. The number of phenolic OH excluding ortho intramolecular Hbond substituents is 1. The lowest BCUT2D eigenvalue weighted by atomic mass is 10.1. The van der Waals surface area contributed by atoms with Gasteiger partial charge in [0.25, 0.3) is 5.91 Å². The molecular formula is C19H16N2O5. The van der Waals surface area contributed by atoms with E-state index in [9.17, 15) is 14.7 Å². The molecule has 132 valence electrons. The van der Waals surface area contributed by atoms with E-state index >= 15 is 0 Å². The van der Waals surface area contributed by atoms with Crippen molar-refractivity contribution in [2.45, 2.75) is 13.5 Å². The number of nitrogens with one attached hydrogen (secondary N) is 1. The quantitative estimate of drug-likeness (QED) is 0.708. The molecule has 0 spiro atoms. The number of aryl methyl sites for hydroxylation is 1. The summed E-state index contributed by atoms with van der Waals surface area (Å²) in [5, 5.41) is 12.4. The number of amides is 1. The zero-order valence-electron chi connectivity index (χ0n) is 14.0. The highest BCUT2D eigenvalue weighted by Gasteiger charge is 2.20. The SMILES string of the molecule is CCn1cc(C(=O)Nc2ccc(O)cc2)c(=O)c2cc3c(cc21)OCO3. The summed E-state index contributed by atoms with van der Waals surface area (Å²) in [6.07, 6.45) is 1.54. The number of ether oxygens (including phenoxy) is 2. The number of carbonyl (C=O) groups is 1. The number of aromatic hydroxyl groups is 1. The summed E-state index contributed by atoms with van der Waals surface area (Å²) in [6.45, 7) is 2.62. The number of hydrogen-bond acceptors (Lipinski definition) is 5. The van der Waals surface area contributed by atoms with E-state index in [0.29, 0.717) is 34.6 Å². The molecule has 0 saturated carbocycles. The van der Waals surface area contributed by atoms with Crippen molar-refractivity contribution >= 4 is 22.5 Å². The van der Waals surface area contributed by atoms with Gasteiger partial charge in [0.1, 0.15) is 11.3 Å². The molecule has 0 atom stereocenters. The Morgan fingerprint density at radius 2 is 1.88 bits per heavy atom. The highest BCUT2D eigenvalue weighted by Crippen LogP contribution is 2.35. The van der Waals surface area contributed by atoms with Crippen LogP contribution in [0.4, 0.5) is 5.69 Å². The molecule has 0 fully saturated rings. The molecule has 0 radical (unpaired) electrons. The summed E-state index contributed by atoms with van der Waals surface area (Å²) in [5.41, 5.74) is 0.828. The monoisotopic (exact) mass is 352 g/mol. The summed E-state index contributed by atoms with van der Waals surface area (Å²) < 4.78 is 12.5. The lowest BCUT2D eigenvalue weighted by molar-refractivity contribution is 0.102. The number of rotatable bonds is 3. The smallest absolute Gasteiger partial charge is 0.261 e. The molecule has 1 aliphatic heterocycles. The first kappa shape index (κ1) is 16.0. The van der Waals surface area contributed by atoms with Crippen molar-refractivity contribution in [2.75, 3.05) is 12.1 Å². The van der Waals surface area contributed by atoms with Gasteiger partial charge >= 0.3 is 0 Å². The highest BCUT2D eigenvalue weighted by molar-refractivity contribution is 6.06. The van der Waals surface area contributed by atoms with E-state index in [4.69, 9.17) is 9.47 Å². The minimum atomic E-state index is -0.512. The van der Waals surface area contributed by atoms with Gasteiger partial charge in [-0.3, -0.25) is 9.59 Å². The van der Waals surface area contributed by atoms with E-state index in [2.05, 4.69) is 5.32 Å². The molecule has 2 heterocycles. The summed E-state index contributed by atoms with van der Waals surface area (Å²) >= 11 is 0. The van der Waals surface area contributed by atoms with Gasteiger partial charge in [-0.1, -0.05) is 0 Å². The van der Waals surface area contributed by atoms with Crippen LogP contribution in [0, 0.1) is 0 Å². The number of fused-ring (bicyclic) bond motifs is 2. The van der Waals surface area contributed by atoms with E-state index in [1.807, 2.05) is 11.5 Å². The molecular weight excluding hydrogens is 336 g/mol. The van der Waals surface area contributed by atoms with Gasteiger partial charge in [0.15, 0.2) is 11.5 Å². The zero-order chi connectivity index (χ0) is 18.3. The van der Waals surface area contributed by atoms with Gasteiger partial charge in [-0.05, 0) is 37.3 Å². The molecule has 4 rings (SSSR count). The largest absolute Gasteiger partial charge is 0.508 e. The van der Waals surface area contributed by atoms with Crippen molar-refractivity contribution < 1.29 is 19.4 Å². The predicted molar refractivity (Wildman–Crippen MR) is 96.1 cm³/mol. The lowest BCUT2D eigenvalue weighted by Gasteiger charge is -2.12. The van der Waals surface area contributed by atoms with E-state index in [0.717, 1.165) is 0 Å². The van der Waals surface area contributed by atoms with Crippen LogP contribution >= 0.6 is 0 Å². The van der Waals surface area contributed by atoms with Crippen LogP contribution in [0.15, 0.2) is 47.4 Å². The van der Waals surface area contributed by atoms with Crippen LogP contribution < -0.4 is 20.2 Å². The summed E-state index contributed by atoms with van der Waals surface area (Å²) in [7, 11) is 0. The summed E-state index contributed by atoms with van der Waals surface area (Å²) in [4.78, 5) is 25.5. The molecule has 2 aromatic carbocycles. The van der Waals surface area contributed by atoms with Crippen LogP contribution in [0.2, 0.25) is 0 Å². The number of phenols is 1. The molecule has 7 nitrogen and oxygen atoms in total. The van der Waals surface area contributed by atoms with Crippen molar-refractivity contribution in [3.8, 4) is 17.2 Å². The fourth-order valence-electron chi connectivity index (χ4n) is 2.95. The standard InChI is InChI=1S/C19H16N2O5/c1-2-21-9-14(19(24)20-11-3-5-12(22)6-4-11)18(23)13-7-16-17(8-15(13)21)26-10-25-16/h3-9,22H,2,10H2,1H3,(H,20,24). The fourth-order valence-corrected chi connectivity index (χ4v) is 2.95. The number of carbonyl (C=O) groups excluding carboxylic acids is 1. The van der Waals surface area contributed by atoms with Crippen molar-refractivity contribution in [2.24, 2.45) is 0 Å². The van der Waals surface area contributed by atoms with Gasteiger partial charge in [-0.15, -0.1) is 0 Å². The molecule has 7 heteroatoms. The molecule has 26 heavy (non-hydrogen) atoms. The number of pyridine rings is 1. The second-order valence-corrected chi connectivity index (χ2v) is 5.88. The maximum absolute atomic E-state index is 12.9. The highest BCUT2D eigenvalue weighted by atomic mass is 16.7. The number of hydrogen-bond donors (Lipinski definition) is 2. The van der Waals surface area contributed by atoms with E-state index < -0.39 is 5.91 Å². The summed E-state index contributed by atoms with van der Waals surface area (Å²) in [5.74, 6) is 0.661. The first-order valence-corrected chi connectivity index (χ1v) is 8.14. The Kier molecular flexibility index (Phi) is 3.76.